The van der Waals surface area contributed by atoms with Crippen molar-refractivity contribution in [3.63, 3.8) is 0 Å². The van der Waals surface area contributed by atoms with Gasteiger partial charge in [-0.05, 0) is 54.3 Å². The molecule has 1 unspecified atom stereocenters. The fraction of sp³-hybridized carbons (Fsp3) is 0.231. The number of hydrogen-bond donors (Lipinski definition) is 0. The quantitative estimate of drug-likeness (QED) is 0.578. The smallest absolute Gasteiger partial charge is 0.339 e. The molecule has 4 rings (SSSR count). The average Bonchev–Trinajstić information content (AvgIpc) is 2.75. The first-order valence-electron chi connectivity index (χ1n) is 10.1. The summed E-state index contributed by atoms with van der Waals surface area (Å²) in [6, 6.07) is 21.2. The van der Waals surface area contributed by atoms with Gasteiger partial charge < -0.3 is 9.64 Å². The molecule has 0 radical (unpaired) electrons. The van der Waals surface area contributed by atoms with E-state index in [9.17, 15) is 9.59 Å². The van der Waals surface area contributed by atoms with Gasteiger partial charge >= 0.3 is 5.97 Å². The van der Waals surface area contributed by atoms with Crippen molar-refractivity contribution >= 4 is 11.9 Å². The van der Waals surface area contributed by atoms with Crippen molar-refractivity contribution in [3.8, 4) is 0 Å². The highest BCUT2D eigenvalue weighted by Gasteiger charge is 2.28. The number of aryl methyl sites for hydroxylation is 2. The third-order valence-electron chi connectivity index (χ3n) is 5.65. The Bertz CT molecular complexity index is 1100. The SMILES string of the molecule is Cc1ccc(CN(C)C(=O)c2ccc3c(c2)CC(c2ccccc2)OC3=O)c(C)c1. The van der Waals surface area contributed by atoms with Crippen LogP contribution < -0.4 is 0 Å². The normalized spacial score (nSPS) is 15.3. The lowest BCUT2D eigenvalue weighted by atomic mass is 9.93. The molecule has 0 fully saturated rings. The summed E-state index contributed by atoms with van der Waals surface area (Å²) < 4.78 is 5.61. The number of amides is 1. The largest absolute Gasteiger partial charge is 0.454 e. The molecule has 1 aliphatic rings. The number of fused-ring (bicyclic) bond motifs is 1. The van der Waals surface area contributed by atoms with E-state index in [-0.39, 0.29) is 18.0 Å². The van der Waals surface area contributed by atoms with Crippen molar-refractivity contribution < 1.29 is 14.3 Å². The number of cyclic esters (lactones) is 1. The van der Waals surface area contributed by atoms with Crippen LogP contribution in [0, 0.1) is 13.8 Å². The summed E-state index contributed by atoms with van der Waals surface area (Å²) in [6.07, 6.45) is 0.233. The number of nitrogens with zero attached hydrogens (tertiary/aromatic N) is 1. The molecule has 0 saturated heterocycles. The van der Waals surface area contributed by atoms with E-state index in [4.69, 9.17) is 4.74 Å². The highest BCUT2D eigenvalue weighted by atomic mass is 16.5. The molecule has 0 aromatic heterocycles. The van der Waals surface area contributed by atoms with Crippen molar-refractivity contribution in [2.45, 2.75) is 32.9 Å². The van der Waals surface area contributed by atoms with Crippen LogP contribution in [0.1, 0.15) is 54.6 Å². The van der Waals surface area contributed by atoms with E-state index in [1.54, 1.807) is 17.0 Å². The van der Waals surface area contributed by atoms with E-state index < -0.39 is 0 Å². The molecular weight excluding hydrogens is 374 g/mol. The maximum atomic E-state index is 13.1. The Kier molecular flexibility index (Phi) is 5.40. The number of rotatable bonds is 4. The number of carbonyl (C=O) groups is 2. The minimum absolute atomic E-state index is 0.0621. The predicted molar refractivity (Wildman–Crippen MR) is 116 cm³/mol. The Morgan fingerprint density at radius 3 is 2.53 bits per heavy atom. The van der Waals surface area contributed by atoms with Crippen LogP contribution in [0.25, 0.3) is 0 Å². The molecule has 152 valence electrons. The molecule has 4 heteroatoms. The third kappa shape index (κ3) is 3.99. The molecular formula is C26H25NO3. The van der Waals surface area contributed by atoms with Crippen LogP contribution in [0.15, 0.2) is 66.7 Å². The Labute approximate surface area is 177 Å². The average molecular weight is 399 g/mol. The zero-order chi connectivity index (χ0) is 21.3. The number of carbonyl (C=O) groups excluding carboxylic acids is 2. The van der Waals surface area contributed by atoms with Gasteiger partial charge in [0, 0.05) is 25.6 Å². The second-order valence-electron chi connectivity index (χ2n) is 7.97. The maximum Gasteiger partial charge on any atom is 0.339 e. The third-order valence-corrected chi connectivity index (χ3v) is 5.65. The molecule has 4 nitrogen and oxygen atoms in total. The second-order valence-corrected chi connectivity index (χ2v) is 7.97. The van der Waals surface area contributed by atoms with E-state index >= 15 is 0 Å². The number of benzene rings is 3. The highest BCUT2D eigenvalue weighted by molar-refractivity contribution is 5.97. The monoisotopic (exact) mass is 399 g/mol. The van der Waals surface area contributed by atoms with Crippen molar-refractivity contribution in [1.82, 2.24) is 4.90 Å². The van der Waals surface area contributed by atoms with Gasteiger partial charge in [0.15, 0.2) is 0 Å². The fourth-order valence-electron chi connectivity index (χ4n) is 3.95. The van der Waals surface area contributed by atoms with Gasteiger partial charge in [0.25, 0.3) is 5.91 Å². The molecule has 0 spiro atoms. The summed E-state index contributed by atoms with van der Waals surface area (Å²) in [4.78, 5) is 27.2. The van der Waals surface area contributed by atoms with E-state index in [0.717, 1.165) is 16.7 Å². The molecule has 1 amide bonds. The van der Waals surface area contributed by atoms with E-state index in [2.05, 4.69) is 32.0 Å². The summed E-state index contributed by atoms with van der Waals surface area (Å²) in [6.45, 7) is 4.66. The molecule has 1 atom stereocenters. The van der Waals surface area contributed by atoms with Crippen LogP contribution in [-0.2, 0) is 17.7 Å². The molecule has 0 aliphatic carbocycles. The summed E-state index contributed by atoms with van der Waals surface area (Å²) in [5, 5.41) is 0. The summed E-state index contributed by atoms with van der Waals surface area (Å²) in [7, 11) is 1.81. The zero-order valence-electron chi connectivity index (χ0n) is 17.5. The Morgan fingerprint density at radius 1 is 1.03 bits per heavy atom. The first kappa shape index (κ1) is 19.9. The predicted octanol–water partition coefficient (Wildman–Crippen LogP) is 5.03. The molecule has 0 N–H and O–H groups in total. The van der Waals surface area contributed by atoms with Gasteiger partial charge in [-0.25, -0.2) is 4.79 Å². The van der Waals surface area contributed by atoms with Crippen LogP contribution in [-0.4, -0.2) is 23.8 Å². The van der Waals surface area contributed by atoms with Crippen LogP contribution >= 0.6 is 0 Å². The molecule has 3 aromatic carbocycles. The molecule has 1 aliphatic heterocycles. The molecule has 1 heterocycles. The van der Waals surface area contributed by atoms with E-state index in [1.807, 2.05) is 43.4 Å². The molecule has 0 bridgehead atoms. The molecule has 3 aromatic rings. The minimum atomic E-state index is -0.340. The number of esters is 1. The highest BCUT2D eigenvalue weighted by Crippen LogP contribution is 2.31. The zero-order valence-corrected chi connectivity index (χ0v) is 17.5. The Hall–Kier alpha value is -3.40. The van der Waals surface area contributed by atoms with E-state index in [1.165, 1.54) is 11.1 Å². The molecule has 0 saturated carbocycles. The first-order chi connectivity index (χ1) is 14.4. The Morgan fingerprint density at radius 2 is 1.80 bits per heavy atom. The fourth-order valence-corrected chi connectivity index (χ4v) is 3.95. The van der Waals surface area contributed by atoms with Crippen LogP contribution in [0.2, 0.25) is 0 Å². The van der Waals surface area contributed by atoms with Crippen molar-refractivity contribution in [2.75, 3.05) is 7.05 Å². The number of ether oxygens (including phenoxy) is 1. The van der Waals surface area contributed by atoms with Gasteiger partial charge in [-0.1, -0.05) is 54.1 Å². The summed E-state index contributed by atoms with van der Waals surface area (Å²) >= 11 is 0. The lowest BCUT2D eigenvalue weighted by Crippen LogP contribution is -2.27. The van der Waals surface area contributed by atoms with E-state index in [0.29, 0.717) is 24.1 Å². The summed E-state index contributed by atoms with van der Waals surface area (Å²) in [5.74, 6) is -0.402. The van der Waals surface area contributed by atoms with Crippen molar-refractivity contribution in [1.29, 1.82) is 0 Å². The van der Waals surface area contributed by atoms with Crippen LogP contribution in [0.5, 0.6) is 0 Å². The topological polar surface area (TPSA) is 46.6 Å². The lowest BCUT2D eigenvalue weighted by Gasteiger charge is -2.26. The van der Waals surface area contributed by atoms with Gasteiger partial charge in [-0.15, -0.1) is 0 Å². The van der Waals surface area contributed by atoms with Crippen LogP contribution in [0.4, 0.5) is 0 Å². The lowest BCUT2D eigenvalue weighted by molar-refractivity contribution is 0.0252. The van der Waals surface area contributed by atoms with Gasteiger partial charge in [0.1, 0.15) is 6.10 Å². The maximum absolute atomic E-state index is 13.1. The van der Waals surface area contributed by atoms with Crippen molar-refractivity contribution in [3.05, 3.63) is 106 Å². The number of hydrogen-bond acceptors (Lipinski definition) is 3. The van der Waals surface area contributed by atoms with Gasteiger partial charge in [0.05, 0.1) is 5.56 Å². The van der Waals surface area contributed by atoms with Gasteiger partial charge in [-0.2, -0.15) is 0 Å². The van der Waals surface area contributed by atoms with Gasteiger partial charge in [0.2, 0.25) is 0 Å². The standard InChI is InChI=1S/C26H25NO3/c1-17-9-10-21(18(2)13-17)16-27(3)25(28)20-11-12-23-22(14-20)15-24(30-26(23)29)19-7-5-4-6-8-19/h4-14,24H,15-16H2,1-3H3. The second kappa shape index (κ2) is 8.15. The van der Waals surface area contributed by atoms with Crippen LogP contribution in [0.3, 0.4) is 0 Å². The molecule has 30 heavy (non-hydrogen) atoms. The Balaban J connectivity index is 1.56. The van der Waals surface area contributed by atoms with Gasteiger partial charge in [-0.3, -0.25) is 4.79 Å². The minimum Gasteiger partial charge on any atom is -0.454 e. The summed E-state index contributed by atoms with van der Waals surface area (Å²) in [5.41, 5.74) is 6.44. The van der Waals surface area contributed by atoms with Crippen molar-refractivity contribution in [2.24, 2.45) is 0 Å². The first-order valence-corrected chi connectivity index (χ1v) is 10.1.